The van der Waals surface area contributed by atoms with Crippen LogP contribution in [0.4, 0.5) is 29.3 Å². The molecule has 3 rings (SSSR count). The lowest BCUT2D eigenvalue weighted by molar-refractivity contribution is -0.137. The number of para-hydroxylation sites is 1. The highest BCUT2D eigenvalue weighted by Crippen LogP contribution is 2.32. The van der Waals surface area contributed by atoms with Crippen LogP contribution in [0.3, 0.4) is 0 Å². The first-order valence-electron chi connectivity index (χ1n) is 20.8. The van der Waals surface area contributed by atoms with E-state index >= 15 is 0 Å². The smallest absolute Gasteiger partial charge is 0.416 e. The lowest BCUT2D eigenvalue weighted by Crippen LogP contribution is -2.28. The van der Waals surface area contributed by atoms with E-state index in [4.69, 9.17) is 56.8 Å². The van der Waals surface area contributed by atoms with E-state index in [0.717, 1.165) is 17.7 Å². The zero-order valence-corrected chi connectivity index (χ0v) is 35.6. The lowest BCUT2D eigenvalue weighted by atomic mass is 10.1. The number of benzene rings is 3. The molecule has 19 heteroatoms. The van der Waals surface area contributed by atoms with Crippen LogP contribution >= 0.6 is 0 Å². The molecule has 3 aromatic carbocycles. The third kappa shape index (κ3) is 27.4. The van der Waals surface area contributed by atoms with Crippen molar-refractivity contribution in [3.05, 3.63) is 95.6 Å². The molecule has 0 spiro atoms. The van der Waals surface area contributed by atoms with Crippen molar-refractivity contribution in [2.45, 2.75) is 12.8 Å². The number of amides is 1. The summed E-state index contributed by atoms with van der Waals surface area (Å²) in [6, 6.07) is 20.6. The molecule has 63 heavy (non-hydrogen) atoms. The summed E-state index contributed by atoms with van der Waals surface area (Å²) in [5, 5.41) is 5.49. The molecular weight excluding hydrogens is 837 g/mol. The number of anilines is 2. The third-order valence-corrected chi connectivity index (χ3v) is 8.15. The van der Waals surface area contributed by atoms with E-state index < -0.39 is 23.8 Å². The minimum Gasteiger partial charge on any atom is -0.460 e. The summed E-state index contributed by atoms with van der Waals surface area (Å²) in [5.41, 5.74) is 0.814. The van der Waals surface area contributed by atoms with Gasteiger partial charge in [-0.3, -0.25) is 0 Å². The first kappa shape index (κ1) is 52.9. The predicted molar refractivity (Wildman–Crippen MR) is 224 cm³/mol. The summed E-state index contributed by atoms with van der Waals surface area (Å²) in [6.07, 6.45) is -4.97. The number of halogens is 3. The summed E-state index contributed by atoms with van der Waals surface area (Å²) in [7, 11) is 0. The molecule has 0 aromatic heterocycles. The van der Waals surface area contributed by atoms with Crippen LogP contribution in [0.15, 0.2) is 78.9 Å². The number of rotatable bonds is 38. The van der Waals surface area contributed by atoms with Crippen LogP contribution in [-0.4, -0.2) is 157 Å². The fourth-order valence-electron chi connectivity index (χ4n) is 5.05. The van der Waals surface area contributed by atoms with Crippen LogP contribution in [0.1, 0.15) is 21.5 Å². The van der Waals surface area contributed by atoms with E-state index in [1.54, 1.807) is 18.2 Å². The van der Waals surface area contributed by atoms with Crippen LogP contribution < -0.4 is 10.6 Å². The summed E-state index contributed by atoms with van der Waals surface area (Å²) in [4.78, 5) is 24.3. The summed E-state index contributed by atoms with van der Waals surface area (Å²) in [6.45, 7) is 8.62. The van der Waals surface area contributed by atoms with Crippen LogP contribution in [0, 0.1) is 0 Å². The largest absolute Gasteiger partial charge is 0.460 e. The molecule has 2 N–H and O–H groups in total. The zero-order valence-electron chi connectivity index (χ0n) is 35.6. The predicted octanol–water partition coefficient (Wildman–Crippen LogP) is 5.70. The monoisotopic (exact) mass is 898 g/mol. The number of alkyl carbamates (subject to hydrolysis) is 1. The van der Waals surface area contributed by atoms with Crippen molar-refractivity contribution in [2.75, 3.05) is 151 Å². The van der Waals surface area contributed by atoms with E-state index in [1.165, 1.54) is 18.2 Å². The van der Waals surface area contributed by atoms with Gasteiger partial charge in [0.2, 0.25) is 0 Å². The Labute approximate surface area is 366 Å². The van der Waals surface area contributed by atoms with Crippen molar-refractivity contribution in [1.82, 2.24) is 5.32 Å². The standard InChI is InChI=1S/C44H61F3N2O14/c45-44(46,47)38-9-6-10-39(35-38)49-41-12-5-4-11-40(41)42(50)62-34-33-61-32-31-60-30-29-59-28-27-58-26-25-57-24-23-56-22-21-55-20-19-54-18-17-53-16-15-52-14-13-48-43(51)63-36-37-7-2-1-3-8-37/h1-12,35,49H,13-34,36H2,(H,48,51). The van der Waals surface area contributed by atoms with E-state index in [2.05, 4.69) is 10.6 Å². The average Bonchev–Trinajstić information content (AvgIpc) is 3.28. The number of carbonyl (C=O) groups is 2. The molecule has 0 unspecified atom stereocenters. The second-order valence-corrected chi connectivity index (χ2v) is 13.0. The minimum atomic E-state index is -4.48. The maximum Gasteiger partial charge on any atom is 0.416 e. The lowest BCUT2D eigenvalue weighted by Gasteiger charge is -2.13. The van der Waals surface area contributed by atoms with Gasteiger partial charge in [0.25, 0.3) is 0 Å². The topological polar surface area (TPSA) is 169 Å². The van der Waals surface area contributed by atoms with Crippen molar-refractivity contribution < 1.29 is 79.6 Å². The maximum absolute atomic E-state index is 13.1. The number of hydrogen-bond acceptors (Lipinski definition) is 15. The Morgan fingerprint density at radius 3 is 1.37 bits per heavy atom. The third-order valence-electron chi connectivity index (χ3n) is 8.15. The van der Waals surface area contributed by atoms with Gasteiger partial charge < -0.3 is 67.5 Å². The summed E-state index contributed by atoms with van der Waals surface area (Å²) in [5.74, 6) is -0.634. The zero-order chi connectivity index (χ0) is 44.9. The molecule has 0 radical (unpaired) electrons. The Hall–Kier alpha value is -4.41. The first-order chi connectivity index (χ1) is 30.8. The highest BCUT2D eigenvalue weighted by molar-refractivity contribution is 5.96. The fourth-order valence-corrected chi connectivity index (χ4v) is 5.05. The van der Waals surface area contributed by atoms with Crippen LogP contribution in [0.2, 0.25) is 0 Å². The van der Waals surface area contributed by atoms with Crippen LogP contribution in [0.5, 0.6) is 0 Å². The van der Waals surface area contributed by atoms with Crippen LogP contribution in [-0.2, 0) is 69.6 Å². The Balaban J connectivity index is 0.963. The fraction of sp³-hybridized carbons (Fsp3) is 0.545. The minimum absolute atomic E-state index is 0.00939. The molecule has 16 nitrogen and oxygen atoms in total. The molecule has 0 heterocycles. The number of hydrogen-bond donors (Lipinski definition) is 2. The molecule has 3 aromatic rings. The highest BCUT2D eigenvalue weighted by Gasteiger charge is 2.30. The summed E-state index contributed by atoms with van der Waals surface area (Å²) >= 11 is 0. The number of nitrogens with one attached hydrogen (secondary N) is 2. The van der Waals surface area contributed by atoms with Gasteiger partial charge in [0.1, 0.15) is 13.2 Å². The molecule has 0 atom stereocenters. The SMILES string of the molecule is O=C(NCCOCCOCCOCCOCCOCCOCCOCCOCCOCCOCCOC(=O)c1ccccc1Nc1cccc(C(F)(F)F)c1)OCc1ccccc1. The quantitative estimate of drug-likeness (QED) is 0.0531. The molecule has 0 saturated carbocycles. The number of alkyl halides is 3. The molecular formula is C44H61F3N2O14. The number of carbonyl (C=O) groups excluding carboxylic acids is 2. The Morgan fingerprint density at radius 1 is 0.460 bits per heavy atom. The number of ether oxygens (including phenoxy) is 12. The van der Waals surface area contributed by atoms with Crippen molar-refractivity contribution in [3.8, 4) is 0 Å². The van der Waals surface area contributed by atoms with E-state index in [0.29, 0.717) is 138 Å². The van der Waals surface area contributed by atoms with Gasteiger partial charge in [0, 0.05) is 12.2 Å². The van der Waals surface area contributed by atoms with Crippen LogP contribution in [0.25, 0.3) is 0 Å². The van der Waals surface area contributed by atoms with Gasteiger partial charge in [-0.15, -0.1) is 0 Å². The van der Waals surface area contributed by atoms with E-state index in [9.17, 15) is 22.8 Å². The van der Waals surface area contributed by atoms with E-state index in [1.807, 2.05) is 30.3 Å². The van der Waals surface area contributed by atoms with Crippen molar-refractivity contribution >= 4 is 23.4 Å². The van der Waals surface area contributed by atoms with Gasteiger partial charge >= 0.3 is 18.2 Å². The Morgan fingerprint density at radius 2 is 0.889 bits per heavy atom. The molecule has 0 aliphatic heterocycles. The molecule has 0 aliphatic rings. The molecule has 0 aliphatic carbocycles. The second-order valence-electron chi connectivity index (χ2n) is 13.0. The van der Waals surface area contributed by atoms with Crippen molar-refractivity contribution in [1.29, 1.82) is 0 Å². The van der Waals surface area contributed by atoms with Gasteiger partial charge in [0.15, 0.2) is 0 Å². The van der Waals surface area contributed by atoms with Crippen molar-refractivity contribution in [2.24, 2.45) is 0 Å². The van der Waals surface area contributed by atoms with Gasteiger partial charge in [-0.1, -0.05) is 48.5 Å². The van der Waals surface area contributed by atoms with Crippen molar-refractivity contribution in [3.63, 3.8) is 0 Å². The number of esters is 1. The Kier molecular flexibility index (Phi) is 29.4. The normalized spacial score (nSPS) is 11.4. The summed E-state index contributed by atoms with van der Waals surface area (Å²) < 4.78 is 104. The molecule has 0 bridgehead atoms. The van der Waals surface area contributed by atoms with Gasteiger partial charge in [-0.05, 0) is 35.9 Å². The average molecular weight is 899 g/mol. The maximum atomic E-state index is 13.1. The molecule has 0 saturated heterocycles. The van der Waals surface area contributed by atoms with E-state index in [-0.39, 0.29) is 31.1 Å². The highest BCUT2D eigenvalue weighted by atomic mass is 19.4. The Bertz CT molecular complexity index is 1610. The second kappa shape index (κ2) is 35.0. The van der Waals surface area contributed by atoms with Gasteiger partial charge in [-0.25, -0.2) is 9.59 Å². The molecule has 1 amide bonds. The first-order valence-corrected chi connectivity index (χ1v) is 20.8. The molecule has 352 valence electrons. The molecule has 0 fully saturated rings. The van der Waals surface area contributed by atoms with Gasteiger partial charge in [-0.2, -0.15) is 13.2 Å². The van der Waals surface area contributed by atoms with Gasteiger partial charge in [0.05, 0.1) is 149 Å².